The summed E-state index contributed by atoms with van der Waals surface area (Å²) in [5.41, 5.74) is 7.57. The van der Waals surface area contributed by atoms with Crippen LogP contribution in [0, 0.1) is 0 Å². The molecule has 0 aliphatic rings. The number of pyridine rings is 1. The highest BCUT2D eigenvalue weighted by atomic mass is 79.9. The van der Waals surface area contributed by atoms with Crippen LogP contribution in [-0.4, -0.2) is 34.6 Å². The molecule has 3 nitrogen and oxygen atoms in total. The molecular formula is C14H24BrN3. The van der Waals surface area contributed by atoms with Crippen molar-refractivity contribution >= 4 is 15.9 Å². The minimum absolute atomic E-state index is 0.00812. The quantitative estimate of drug-likeness (QED) is 0.878. The fourth-order valence-electron chi connectivity index (χ4n) is 2.34. The van der Waals surface area contributed by atoms with E-state index in [0.29, 0.717) is 0 Å². The van der Waals surface area contributed by atoms with Crippen LogP contribution in [-0.2, 0) is 6.42 Å². The molecule has 18 heavy (non-hydrogen) atoms. The van der Waals surface area contributed by atoms with Gasteiger partial charge in [0, 0.05) is 28.4 Å². The molecule has 1 aromatic rings. The SMILES string of the molecule is CCN(CC)C(C)(C)C(N)Cc1cncc(Br)c1. The van der Waals surface area contributed by atoms with Crippen LogP contribution >= 0.6 is 15.9 Å². The van der Waals surface area contributed by atoms with Crippen LogP contribution in [0.25, 0.3) is 0 Å². The summed E-state index contributed by atoms with van der Waals surface area (Å²) in [5, 5.41) is 0. The Morgan fingerprint density at radius 2 is 1.94 bits per heavy atom. The van der Waals surface area contributed by atoms with E-state index in [1.165, 1.54) is 5.56 Å². The Kier molecular flexibility index (Phi) is 5.76. The lowest BCUT2D eigenvalue weighted by Gasteiger charge is -2.42. The van der Waals surface area contributed by atoms with Crippen molar-refractivity contribution in [1.82, 2.24) is 9.88 Å². The minimum Gasteiger partial charge on any atom is -0.326 e. The highest BCUT2D eigenvalue weighted by Gasteiger charge is 2.31. The van der Waals surface area contributed by atoms with Gasteiger partial charge in [0.25, 0.3) is 0 Å². The largest absolute Gasteiger partial charge is 0.326 e. The monoisotopic (exact) mass is 313 g/mol. The molecule has 1 atom stereocenters. The third-order valence-electron chi connectivity index (χ3n) is 3.70. The average molecular weight is 314 g/mol. The molecule has 102 valence electrons. The number of hydrogen-bond donors (Lipinski definition) is 1. The van der Waals surface area contributed by atoms with E-state index >= 15 is 0 Å². The summed E-state index contributed by atoms with van der Waals surface area (Å²) in [6.07, 6.45) is 4.53. The molecule has 0 saturated carbocycles. The van der Waals surface area contributed by atoms with Gasteiger partial charge in [-0.2, -0.15) is 0 Å². The van der Waals surface area contributed by atoms with Crippen molar-refractivity contribution in [3.63, 3.8) is 0 Å². The molecule has 0 bridgehead atoms. The summed E-state index contributed by atoms with van der Waals surface area (Å²) in [4.78, 5) is 6.59. The van der Waals surface area contributed by atoms with Crippen molar-refractivity contribution in [3.8, 4) is 0 Å². The third kappa shape index (κ3) is 3.77. The zero-order valence-corrected chi connectivity index (χ0v) is 13.4. The minimum atomic E-state index is -0.00812. The van der Waals surface area contributed by atoms with Crippen LogP contribution < -0.4 is 5.73 Å². The Bertz CT molecular complexity index is 375. The molecule has 0 saturated heterocycles. The van der Waals surface area contributed by atoms with E-state index in [4.69, 9.17) is 5.73 Å². The molecule has 4 heteroatoms. The molecular weight excluding hydrogens is 290 g/mol. The van der Waals surface area contributed by atoms with Gasteiger partial charge in [0.15, 0.2) is 0 Å². The second-order valence-electron chi connectivity index (χ2n) is 5.15. The maximum Gasteiger partial charge on any atom is 0.0410 e. The first-order chi connectivity index (χ1) is 8.41. The first-order valence-corrected chi connectivity index (χ1v) is 7.31. The van der Waals surface area contributed by atoms with E-state index in [1.54, 1.807) is 6.20 Å². The van der Waals surface area contributed by atoms with E-state index in [9.17, 15) is 0 Å². The summed E-state index contributed by atoms with van der Waals surface area (Å²) in [7, 11) is 0. The number of aromatic nitrogens is 1. The van der Waals surface area contributed by atoms with E-state index in [2.05, 4.69) is 59.6 Å². The number of hydrogen-bond acceptors (Lipinski definition) is 3. The van der Waals surface area contributed by atoms with E-state index in [0.717, 1.165) is 24.0 Å². The molecule has 0 amide bonds. The highest BCUT2D eigenvalue weighted by molar-refractivity contribution is 9.10. The molecule has 1 rings (SSSR count). The van der Waals surface area contributed by atoms with Crippen LogP contribution in [0.1, 0.15) is 33.3 Å². The Balaban J connectivity index is 2.78. The van der Waals surface area contributed by atoms with Crippen molar-refractivity contribution in [2.24, 2.45) is 5.73 Å². The second-order valence-corrected chi connectivity index (χ2v) is 6.06. The second kappa shape index (κ2) is 6.64. The van der Waals surface area contributed by atoms with Crippen LogP contribution in [0.5, 0.6) is 0 Å². The topological polar surface area (TPSA) is 42.1 Å². The van der Waals surface area contributed by atoms with Gasteiger partial charge in [-0.25, -0.2) is 0 Å². The molecule has 0 aliphatic heterocycles. The molecule has 2 N–H and O–H groups in total. The molecule has 1 heterocycles. The molecule has 1 aromatic heterocycles. The van der Waals surface area contributed by atoms with Gasteiger partial charge in [0.05, 0.1) is 0 Å². The van der Waals surface area contributed by atoms with Crippen LogP contribution in [0.15, 0.2) is 22.9 Å². The summed E-state index contributed by atoms with van der Waals surface area (Å²) >= 11 is 3.45. The van der Waals surface area contributed by atoms with Crippen molar-refractivity contribution in [1.29, 1.82) is 0 Å². The first kappa shape index (κ1) is 15.6. The Hall–Kier alpha value is -0.450. The van der Waals surface area contributed by atoms with Crippen LogP contribution in [0.3, 0.4) is 0 Å². The van der Waals surface area contributed by atoms with Crippen molar-refractivity contribution in [2.75, 3.05) is 13.1 Å². The number of halogens is 1. The Morgan fingerprint density at radius 1 is 1.33 bits per heavy atom. The summed E-state index contributed by atoms with van der Waals surface area (Å²) in [6, 6.07) is 2.18. The lowest BCUT2D eigenvalue weighted by atomic mass is 9.88. The summed E-state index contributed by atoms with van der Waals surface area (Å²) in [6.45, 7) is 10.8. The van der Waals surface area contributed by atoms with Gasteiger partial charge in [-0.15, -0.1) is 0 Å². The van der Waals surface area contributed by atoms with Crippen molar-refractivity contribution in [2.45, 2.75) is 45.7 Å². The fourth-order valence-corrected chi connectivity index (χ4v) is 2.76. The molecule has 0 aromatic carbocycles. The fraction of sp³-hybridized carbons (Fsp3) is 0.643. The van der Waals surface area contributed by atoms with E-state index in [-0.39, 0.29) is 11.6 Å². The van der Waals surface area contributed by atoms with Crippen LogP contribution in [0.4, 0.5) is 0 Å². The lowest BCUT2D eigenvalue weighted by Crippen LogP contribution is -2.56. The lowest BCUT2D eigenvalue weighted by molar-refractivity contribution is 0.106. The Morgan fingerprint density at radius 3 is 2.44 bits per heavy atom. The first-order valence-electron chi connectivity index (χ1n) is 6.51. The summed E-state index contributed by atoms with van der Waals surface area (Å²) < 4.78 is 1.01. The van der Waals surface area contributed by atoms with E-state index < -0.39 is 0 Å². The van der Waals surface area contributed by atoms with Gasteiger partial charge < -0.3 is 5.73 Å². The normalized spacial score (nSPS) is 13.9. The maximum absolute atomic E-state index is 6.40. The number of likely N-dealkylation sites (N-methyl/N-ethyl adjacent to an activating group) is 1. The van der Waals surface area contributed by atoms with Crippen molar-refractivity contribution < 1.29 is 0 Å². The highest BCUT2D eigenvalue weighted by Crippen LogP contribution is 2.21. The number of nitrogens with two attached hydrogens (primary N) is 1. The smallest absolute Gasteiger partial charge is 0.0410 e. The van der Waals surface area contributed by atoms with Gasteiger partial charge in [0.2, 0.25) is 0 Å². The van der Waals surface area contributed by atoms with Gasteiger partial charge in [-0.3, -0.25) is 9.88 Å². The third-order valence-corrected chi connectivity index (χ3v) is 4.14. The van der Waals surface area contributed by atoms with Gasteiger partial charge in [-0.05, 0) is 60.9 Å². The van der Waals surface area contributed by atoms with Crippen molar-refractivity contribution in [3.05, 3.63) is 28.5 Å². The average Bonchev–Trinajstić information content (AvgIpc) is 2.30. The molecule has 0 spiro atoms. The Labute approximate surface area is 119 Å². The van der Waals surface area contributed by atoms with Crippen LogP contribution in [0.2, 0.25) is 0 Å². The van der Waals surface area contributed by atoms with Gasteiger partial charge in [-0.1, -0.05) is 13.8 Å². The predicted octanol–water partition coefficient (Wildman–Crippen LogP) is 2.83. The molecule has 0 fully saturated rings. The molecule has 0 radical (unpaired) electrons. The zero-order valence-electron chi connectivity index (χ0n) is 11.8. The standard InChI is InChI=1S/C14H24BrN3/c1-5-18(6-2)14(3,4)13(16)8-11-7-12(15)10-17-9-11/h7,9-10,13H,5-6,8,16H2,1-4H3. The maximum atomic E-state index is 6.40. The number of rotatable bonds is 6. The number of nitrogens with zero attached hydrogens (tertiary/aromatic N) is 2. The molecule has 0 aliphatic carbocycles. The molecule has 1 unspecified atom stereocenters. The van der Waals surface area contributed by atoms with Gasteiger partial charge >= 0.3 is 0 Å². The predicted molar refractivity (Wildman–Crippen MR) is 80.6 cm³/mol. The van der Waals surface area contributed by atoms with Gasteiger partial charge in [0.1, 0.15) is 0 Å². The summed E-state index contributed by atoms with van der Waals surface area (Å²) in [5.74, 6) is 0. The van der Waals surface area contributed by atoms with E-state index in [1.807, 2.05) is 6.20 Å². The zero-order chi connectivity index (χ0) is 13.8.